The van der Waals surface area contributed by atoms with Crippen LogP contribution in [0.5, 0.6) is 17.2 Å². The molecule has 0 spiro atoms. The lowest BCUT2D eigenvalue weighted by Gasteiger charge is -2.20. The van der Waals surface area contributed by atoms with Crippen molar-refractivity contribution < 1.29 is 23.7 Å². The molecule has 0 saturated heterocycles. The molecule has 5 heteroatoms. The second-order valence-corrected chi connectivity index (χ2v) is 13.2. The normalized spacial score (nSPS) is 11.9. The largest absolute Gasteiger partial charge is 0.488 e. The van der Waals surface area contributed by atoms with Gasteiger partial charge in [-0.15, -0.1) is 0 Å². The van der Waals surface area contributed by atoms with E-state index in [1.165, 1.54) is 96.0 Å². The summed E-state index contributed by atoms with van der Waals surface area (Å²) in [6.45, 7) is 6.92. The summed E-state index contributed by atoms with van der Waals surface area (Å²) >= 11 is 0. The third kappa shape index (κ3) is 13.9. The van der Waals surface area contributed by atoms with Gasteiger partial charge >= 0.3 is 5.97 Å². The number of unbranched alkanes of at least 4 members (excludes halogenated alkanes) is 15. The van der Waals surface area contributed by atoms with Crippen molar-refractivity contribution in [2.45, 2.75) is 116 Å². The van der Waals surface area contributed by atoms with E-state index >= 15 is 0 Å². The summed E-state index contributed by atoms with van der Waals surface area (Å²) in [5.74, 6) is 1.73. The number of benzene rings is 4. The number of hydrogen-bond donors (Lipinski definition) is 0. The van der Waals surface area contributed by atoms with Crippen LogP contribution in [-0.2, 0) is 14.3 Å². The fourth-order valence-corrected chi connectivity index (χ4v) is 6.32. The number of carbonyl (C=O) groups excluding carboxylic acids is 1. The molecular weight excluding hydrogens is 608 g/mol. The van der Waals surface area contributed by atoms with Crippen molar-refractivity contribution in [1.29, 1.82) is 0 Å². The second-order valence-electron chi connectivity index (χ2n) is 13.2. The highest BCUT2D eigenvalue weighted by Crippen LogP contribution is 2.38. The van der Waals surface area contributed by atoms with Gasteiger partial charge in [0.05, 0.1) is 6.61 Å². The average Bonchev–Trinajstić information content (AvgIpc) is 3.13. The van der Waals surface area contributed by atoms with Gasteiger partial charge in [0.25, 0.3) is 0 Å². The molecule has 4 rings (SSSR count). The number of esters is 1. The van der Waals surface area contributed by atoms with E-state index in [1.807, 2.05) is 66.7 Å². The Hall–Kier alpha value is -3.83. The third-order valence-electron chi connectivity index (χ3n) is 9.07. The van der Waals surface area contributed by atoms with Crippen molar-refractivity contribution in [2.24, 2.45) is 0 Å². The van der Waals surface area contributed by atoms with Crippen LogP contribution >= 0.6 is 0 Å². The van der Waals surface area contributed by atoms with Gasteiger partial charge in [-0.2, -0.15) is 0 Å². The maximum absolute atomic E-state index is 12.2. The summed E-state index contributed by atoms with van der Waals surface area (Å²) < 4.78 is 24.3. The van der Waals surface area contributed by atoms with E-state index in [4.69, 9.17) is 18.9 Å². The summed E-state index contributed by atoms with van der Waals surface area (Å²) in [6, 6.07) is 26.0. The molecule has 0 aromatic heterocycles. The molecule has 0 fully saturated rings. The van der Waals surface area contributed by atoms with Crippen molar-refractivity contribution in [3.63, 3.8) is 0 Å². The molecule has 0 heterocycles. The van der Waals surface area contributed by atoms with Gasteiger partial charge in [-0.05, 0) is 47.5 Å². The summed E-state index contributed by atoms with van der Waals surface area (Å²) in [7, 11) is 0. The van der Waals surface area contributed by atoms with Crippen LogP contribution in [0.4, 0.5) is 0 Å². The number of carbonyl (C=O) groups is 1. The molecule has 0 radical (unpaired) electrons. The fourth-order valence-electron chi connectivity index (χ4n) is 6.32. The molecule has 264 valence electrons. The Morgan fingerprint density at radius 3 is 1.88 bits per heavy atom. The first-order valence-corrected chi connectivity index (χ1v) is 18.9. The molecule has 49 heavy (non-hydrogen) atoms. The Balaban J connectivity index is 1.20. The topological polar surface area (TPSA) is 54.0 Å². The van der Waals surface area contributed by atoms with Gasteiger partial charge in [-0.25, -0.2) is 4.79 Å². The number of fused-ring (bicyclic) bond motifs is 2. The molecule has 0 bridgehead atoms. The van der Waals surface area contributed by atoms with Crippen molar-refractivity contribution in [1.82, 2.24) is 0 Å². The molecule has 4 aromatic carbocycles. The van der Waals surface area contributed by atoms with Gasteiger partial charge in [0.2, 0.25) is 0 Å². The molecule has 0 N–H and O–H groups in total. The lowest BCUT2D eigenvalue weighted by Crippen LogP contribution is -2.29. The lowest BCUT2D eigenvalue weighted by atomic mass is 10.0. The highest BCUT2D eigenvalue weighted by molar-refractivity contribution is 6.05. The summed E-state index contributed by atoms with van der Waals surface area (Å²) in [6.07, 6.45) is 22.0. The first-order valence-electron chi connectivity index (χ1n) is 18.9. The van der Waals surface area contributed by atoms with Crippen LogP contribution in [0.3, 0.4) is 0 Å². The van der Waals surface area contributed by atoms with Crippen LogP contribution in [0.1, 0.15) is 110 Å². The van der Waals surface area contributed by atoms with Crippen molar-refractivity contribution in [3.05, 3.63) is 91.5 Å². The Morgan fingerprint density at radius 1 is 0.633 bits per heavy atom. The lowest BCUT2D eigenvalue weighted by molar-refractivity contribution is -0.148. The minimum Gasteiger partial charge on any atom is -0.488 e. The van der Waals surface area contributed by atoms with Crippen molar-refractivity contribution >= 4 is 27.5 Å². The Kier molecular flexibility index (Phi) is 17.6. The standard InChI is InChI=1S/C44H58O5/c1-3-5-6-7-8-9-10-11-12-13-14-15-16-17-18-24-31-46-34-40(49-43(45)4-2)35-47-44-41-28-23-22-25-36(41)32-37-29-30-39(33-42(37)44)48-38-26-20-19-21-27-38/h4,19-23,25-30,32-33,40H,2-3,5-18,24,31,34-35H2,1H3. The van der Waals surface area contributed by atoms with Crippen LogP contribution in [0.2, 0.25) is 0 Å². The summed E-state index contributed by atoms with van der Waals surface area (Å²) in [4.78, 5) is 12.2. The SMILES string of the molecule is C=CC(=O)OC(COCCCCCCCCCCCCCCCCCC)COc1c2ccccc2cc2ccc(Oc3ccccc3)cc12. The van der Waals surface area contributed by atoms with E-state index in [9.17, 15) is 4.79 Å². The maximum Gasteiger partial charge on any atom is 0.330 e. The second kappa shape index (κ2) is 22.7. The molecular formula is C44H58O5. The van der Waals surface area contributed by atoms with E-state index in [1.54, 1.807) is 0 Å². The summed E-state index contributed by atoms with van der Waals surface area (Å²) in [5, 5.41) is 4.01. The zero-order chi connectivity index (χ0) is 34.4. The number of ether oxygens (including phenoxy) is 4. The average molecular weight is 667 g/mol. The summed E-state index contributed by atoms with van der Waals surface area (Å²) in [5.41, 5.74) is 0. The zero-order valence-corrected chi connectivity index (χ0v) is 29.8. The van der Waals surface area contributed by atoms with E-state index < -0.39 is 12.1 Å². The maximum atomic E-state index is 12.2. The van der Waals surface area contributed by atoms with Crippen LogP contribution in [0.25, 0.3) is 21.5 Å². The van der Waals surface area contributed by atoms with Crippen molar-refractivity contribution in [2.75, 3.05) is 19.8 Å². The van der Waals surface area contributed by atoms with Crippen LogP contribution in [0.15, 0.2) is 91.5 Å². The molecule has 5 nitrogen and oxygen atoms in total. The van der Waals surface area contributed by atoms with Gasteiger partial charge in [-0.3, -0.25) is 0 Å². The van der Waals surface area contributed by atoms with Crippen LogP contribution in [-0.4, -0.2) is 31.9 Å². The van der Waals surface area contributed by atoms with Gasteiger partial charge in [-0.1, -0.05) is 158 Å². The highest BCUT2D eigenvalue weighted by atomic mass is 16.6. The molecule has 1 unspecified atom stereocenters. The molecule has 0 saturated carbocycles. The van der Waals surface area contributed by atoms with Gasteiger partial charge in [0.15, 0.2) is 6.10 Å². The number of para-hydroxylation sites is 1. The zero-order valence-electron chi connectivity index (χ0n) is 29.8. The Bertz CT molecular complexity index is 1510. The minimum absolute atomic E-state index is 0.158. The monoisotopic (exact) mass is 666 g/mol. The first kappa shape index (κ1) is 38.0. The number of hydrogen-bond acceptors (Lipinski definition) is 5. The molecule has 1 atom stereocenters. The van der Waals surface area contributed by atoms with Crippen LogP contribution in [0, 0.1) is 0 Å². The predicted molar refractivity (Wildman–Crippen MR) is 204 cm³/mol. The molecule has 4 aromatic rings. The first-order chi connectivity index (χ1) is 24.2. The van der Waals surface area contributed by atoms with Crippen molar-refractivity contribution in [3.8, 4) is 17.2 Å². The molecule has 0 aliphatic rings. The van der Waals surface area contributed by atoms with E-state index in [0.29, 0.717) is 6.61 Å². The quantitative estimate of drug-likeness (QED) is 0.0289. The van der Waals surface area contributed by atoms with Gasteiger partial charge in [0, 0.05) is 23.5 Å². The highest BCUT2D eigenvalue weighted by Gasteiger charge is 2.17. The molecule has 0 aliphatic heterocycles. The molecule has 0 amide bonds. The van der Waals surface area contributed by atoms with Gasteiger partial charge in [0.1, 0.15) is 23.9 Å². The Morgan fingerprint density at radius 2 is 1.22 bits per heavy atom. The smallest absolute Gasteiger partial charge is 0.330 e. The predicted octanol–water partition coefficient (Wildman–Crippen LogP) is 12.5. The minimum atomic E-state index is -0.565. The fraction of sp³-hybridized carbons (Fsp3) is 0.477. The van der Waals surface area contributed by atoms with E-state index in [-0.39, 0.29) is 13.2 Å². The Labute approximate surface area is 295 Å². The van der Waals surface area contributed by atoms with Gasteiger partial charge < -0.3 is 18.9 Å². The van der Waals surface area contributed by atoms with E-state index in [2.05, 4.69) is 25.6 Å². The van der Waals surface area contributed by atoms with Crippen LogP contribution < -0.4 is 9.47 Å². The third-order valence-corrected chi connectivity index (χ3v) is 9.07. The van der Waals surface area contributed by atoms with E-state index in [0.717, 1.165) is 51.6 Å². The molecule has 0 aliphatic carbocycles. The number of rotatable bonds is 26.